The highest BCUT2D eigenvalue weighted by Crippen LogP contribution is 2.37. The second-order valence-electron chi connectivity index (χ2n) is 11.5. The van der Waals surface area contributed by atoms with Gasteiger partial charge in [0.1, 0.15) is 12.2 Å². The van der Waals surface area contributed by atoms with Crippen molar-refractivity contribution >= 4 is 6.21 Å². The Morgan fingerprint density at radius 1 is 1.25 bits per heavy atom. The number of aryl methyl sites for hydroxylation is 1. The van der Waals surface area contributed by atoms with E-state index in [1.54, 1.807) is 6.07 Å². The first-order valence-electron chi connectivity index (χ1n) is 15.3. The maximum Gasteiger partial charge on any atom is 0.176 e. The standard InChI is InChI=1S/C33H48N2O5/c1-3-4-9-32-27(22-36)18-29(40-32)12-10-24-11-13-31(38)33(16-24)39-15-14-28-17-26(20-35-28)30(21-34-19-23(2)37)25-7-5-6-8-25/h11,13,16-18,20,23,25,30,32,34,36-38H,3-10,12,14-15,19,21-22H2,1-2H3/t23-,30+,32?/m0/s1. The maximum absolute atomic E-state index is 10.4. The van der Waals surface area contributed by atoms with E-state index < -0.39 is 0 Å². The van der Waals surface area contributed by atoms with Crippen molar-refractivity contribution in [1.82, 2.24) is 5.32 Å². The van der Waals surface area contributed by atoms with E-state index in [1.807, 2.05) is 31.3 Å². The number of phenolic OH excluding ortho intramolecular Hbond substituents is 1. The molecule has 1 fully saturated rings. The van der Waals surface area contributed by atoms with Crippen LogP contribution in [0.4, 0.5) is 0 Å². The molecule has 0 saturated heterocycles. The maximum atomic E-state index is 10.4. The van der Waals surface area contributed by atoms with Gasteiger partial charge in [0, 0.05) is 25.8 Å². The van der Waals surface area contributed by atoms with Crippen LogP contribution < -0.4 is 10.1 Å². The molecule has 1 unspecified atom stereocenters. The van der Waals surface area contributed by atoms with Crippen LogP contribution in [0.1, 0.15) is 77.2 Å². The Morgan fingerprint density at radius 3 is 2.83 bits per heavy atom. The molecule has 40 heavy (non-hydrogen) atoms. The Bertz CT molecular complexity index is 1010. The summed E-state index contributed by atoms with van der Waals surface area (Å²) in [6.07, 6.45) is 17.2. The van der Waals surface area contributed by atoms with Gasteiger partial charge in [-0.2, -0.15) is 11.6 Å². The van der Waals surface area contributed by atoms with Crippen LogP contribution in [0.3, 0.4) is 0 Å². The molecule has 1 saturated carbocycles. The van der Waals surface area contributed by atoms with Crippen LogP contribution >= 0.6 is 0 Å². The number of phenols is 1. The predicted molar refractivity (Wildman–Crippen MR) is 159 cm³/mol. The molecule has 4 rings (SSSR count). The highest BCUT2D eigenvalue weighted by molar-refractivity contribution is 5.84. The molecule has 4 N–H and O–H groups in total. The molecule has 2 aliphatic heterocycles. The summed E-state index contributed by atoms with van der Waals surface area (Å²) >= 11 is 0. The second kappa shape index (κ2) is 15.5. The SMILES string of the molecule is CCCCC1O[C-](CCc2ccc(O)c(OCC[C+]3C=C([C@H](CNC[C@H](C)O)C4CCCC4)C=N3)c2)C=C1CO. The molecule has 0 bridgehead atoms. The summed E-state index contributed by atoms with van der Waals surface area (Å²) in [5.41, 5.74) is 3.30. The number of unbranched alkanes of at least 4 members (excludes halogenated alkanes) is 1. The van der Waals surface area contributed by atoms with Gasteiger partial charge in [-0.15, -0.1) is 4.99 Å². The van der Waals surface area contributed by atoms with Crippen LogP contribution in [0.25, 0.3) is 0 Å². The molecule has 1 aromatic carbocycles. The number of nitrogens with one attached hydrogen (secondary N) is 1. The Hall–Kier alpha value is -2.45. The van der Waals surface area contributed by atoms with Crippen molar-refractivity contribution in [3.63, 3.8) is 0 Å². The van der Waals surface area contributed by atoms with E-state index in [0.717, 1.165) is 61.9 Å². The largest absolute Gasteiger partial charge is 0.504 e. The van der Waals surface area contributed by atoms with Gasteiger partial charge in [-0.05, 0) is 56.2 Å². The lowest BCUT2D eigenvalue weighted by Crippen LogP contribution is -2.33. The molecule has 1 aliphatic carbocycles. The normalized spacial score (nSPS) is 20.8. The number of hydrogen-bond acceptors (Lipinski definition) is 7. The highest BCUT2D eigenvalue weighted by Gasteiger charge is 2.35. The van der Waals surface area contributed by atoms with Crippen molar-refractivity contribution < 1.29 is 24.8 Å². The highest BCUT2D eigenvalue weighted by atomic mass is 16.5. The van der Waals surface area contributed by atoms with Crippen molar-refractivity contribution in [2.24, 2.45) is 16.8 Å². The summed E-state index contributed by atoms with van der Waals surface area (Å²) < 4.78 is 12.1. The van der Waals surface area contributed by atoms with E-state index >= 15 is 0 Å². The van der Waals surface area contributed by atoms with E-state index in [-0.39, 0.29) is 24.6 Å². The fourth-order valence-electron chi connectivity index (χ4n) is 6.00. The van der Waals surface area contributed by atoms with Crippen LogP contribution in [-0.4, -0.2) is 60.0 Å². The minimum absolute atomic E-state index is 0.00193. The number of nitrogens with zero attached hydrogens (tertiary/aromatic N) is 1. The Labute approximate surface area is 240 Å². The molecule has 7 nitrogen and oxygen atoms in total. The van der Waals surface area contributed by atoms with Crippen molar-refractivity contribution in [3.8, 4) is 11.5 Å². The average molecular weight is 553 g/mol. The quantitative estimate of drug-likeness (QED) is 0.192. The van der Waals surface area contributed by atoms with Crippen LogP contribution in [0.5, 0.6) is 11.5 Å². The summed E-state index contributed by atoms with van der Waals surface area (Å²) in [5.74, 6) is 1.70. The van der Waals surface area contributed by atoms with Crippen LogP contribution in [0.15, 0.2) is 46.5 Å². The Kier molecular flexibility index (Phi) is 11.8. The minimum atomic E-state index is -0.349. The first-order chi connectivity index (χ1) is 19.5. The average Bonchev–Trinajstić information content (AvgIpc) is 3.72. The van der Waals surface area contributed by atoms with Crippen LogP contribution in [0.2, 0.25) is 0 Å². The number of aromatic hydroxyl groups is 1. The van der Waals surface area contributed by atoms with E-state index in [9.17, 15) is 15.3 Å². The van der Waals surface area contributed by atoms with Crippen molar-refractivity contribution in [3.05, 3.63) is 59.2 Å². The smallest absolute Gasteiger partial charge is 0.176 e. The third-order valence-corrected chi connectivity index (χ3v) is 8.27. The summed E-state index contributed by atoms with van der Waals surface area (Å²) in [6.45, 7) is 5.91. The number of ether oxygens (including phenoxy) is 2. The topological polar surface area (TPSA) is 104 Å². The molecule has 2 heterocycles. The van der Waals surface area contributed by atoms with E-state index in [2.05, 4.69) is 23.3 Å². The summed E-state index contributed by atoms with van der Waals surface area (Å²) in [5, 5.41) is 33.1. The van der Waals surface area contributed by atoms with E-state index in [0.29, 0.717) is 37.2 Å². The van der Waals surface area contributed by atoms with Gasteiger partial charge in [-0.3, -0.25) is 0 Å². The molecular weight excluding hydrogens is 504 g/mol. The summed E-state index contributed by atoms with van der Waals surface area (Å²) in [4.78, 5) is 4.67. The lowest BCUT2D eigenvalue weighted by molar-refractivity contribution is 0.103. The van der Waals surface area contributed by atoms with Crippen LogP contribution in [-0.2, 0) is 11.2 Å². The van der Waals surface area contributed by atoms with Gasteiger partial charge in [0.2, 0.25) is 0 Å². The molecule has 7 heteroatoms. The monoisotopic (exact) mass is 552 g/mol. The molecule has 1 aromatic rings. The Balaban J connectivity index is 1.26. The predicted octanol–water partition coefficient (Wildman–Crippen LogP) is 5.45. The zero-order chi connectivity index (χ0) is 28.3. The molecule has 220 valence electrons. The van der Waals surface area contributed by atoms with E-state index in [4.69, 9.17) is 9.47 Å². The fourth-order valence-corrected chi connectivity index (χ4v) is 6.00. The summed E-state index contributed by atoms with van der Waals surface area (Å²) in [6, 6.07) is 6.52. The molecule has 0 aromatic heterocycles. The number of rotatable bonds is 17. The minimum Gasteiger partial charge on any atom is -0.504 e. The third kappa shape index (κ3) is 8.77. The van der Waals surface area contributed by atoms with Gasteiger partial charge in [-0.1, -0.05) is 51.2 Å². The van der Waals surface area contributed by atoms with Gasteiger partial charge in [-0.25, -0.2) is 0 Å². The van der Waals surface area contributed by atoms with Crippen LogP contribution in [0, 0.1) is 24.0 Å². The lowest BCUT2D eigenvalue weighted by Gasteiger charge is -2.24. The Morgan fingerprint density at radius 2 is 2.08 bits per heavy atom. The van der Waals surface area contributed by atoms with Gasteiger partial charge in [0.05, 0.1) is 24.5 Å². The molecule has 0 amide bonds. The zero-order valence-electron chi connectivity index (χ0n) is 24.3. The molecule has 3 aliphatic rings. The molecule has 3 atom stereocenters. The molecule has 0 radical (unpaired) electrons. The fraction of sp³-hybridized carbons (Fsp3) is 0.606. The lowest BCUT2D eigenvalue weighted by atomic mass is 9.84. The van der Waals surface area contributed by atoms with Gasteiger partial charge in [0.15, 0.2) is 23.8 Å². The molecular formula is C33H48N2O5. The number of benzene rings is 1. The number of aliphatic imine (C=N–C) groups is 1. The first-order valence-corrected chi connectivity index (χ1v) is 15.3. The second-order valence-corrected chi connectivity index (χ2v) is 11.5. The zero-order valence-corrected chi connectivity index (χ0v) is 24.3. The summed E-state index contributed by atoms with van der Waals surface area (Å²) in [7, 11) is 0. The van der Waals surface area contributed by atoms with Gasteiger partial charge < -0.3 is 30.1 Å². The first kappa shape index (κ1) is 30.5. The third-order valence-electron chi connectivity index (χ3n) is 8.27. The molecule has 0 spiro atoms. The van der Waals surface area contributed by atoms with Crippen molar-refractivity contribution in [2.75, 3.05) is 26.3 Å². The van der Waals surface area contributed by atoms with E-state index in [1.165, 1.54) is 31.3 Å². The van der Waals surface area contributed by atoms with Gasteiger partial charge in [0.25, 0.3) is 0 Å². The number of aliphatic hydroxyl groups excluding tert-OH is 2. The van der Waals surface area contributed by atoms with Crippen molar-refractivity contribution in [1.29, 1.82) is 0 Å². The van der Waals surface area contributed by atoms with Crippen molar-refractivity contribution in [2.45, 2.75) is 90.3 Å². The number of hydrogen-bond donors (Lipinski definition) is 4. The number of aliphatic hydroxyl groups is 2. The van der Waals surface area contributed by atoms with Gasteiger partial charge >= 0.3 is 0 Å².